The second kappa shape index (κ2) is 11.4. The molecule has 4 aromatic rings. The van der Waals surface area contributed by atoms with Gasteiger partial charge in [0.15, 0.2) is 5.16 Å². The molecule has 0 aliphatic rings. The second-order valence-corrected chi connectivity index (χ2v) is 8.42. The highest BCUT2D eigenvalue weighted by molar-refractivity contribution is 7.99. The summed E-state index contributed by atoms with van der Waals surface area (Å²) >= 11 is 1.37. The lowest BCUT2D eigenvalue weighted by Crippen LogP contribution is -2.20. The van der Waals surface area contributed by atoms with Gasteiger partial charge in [-0.1, -0.05) is 54.2 Å². The molecular weight excluding hydrogens is 464 g/mol. The van der Waals surface area contributed by atoms with Crippen LogP contribution >= 0.6 is 11.8 Å². The number of imidazole rings is 1. The fourth-order valence-electron chi connectivity index (χ4n) is 3.57. The summed E-state index contributed by atoms with van der Waals surface area (Å²) in [5.41, 5.74) is 6.23. The van der Waals surface area contributed by atoms with E-state index in [4.69, 9.17) is 19.2 Å². The van der Waals surface area contributed by atoms with Crippen LogP contribution in [-0.4, -0.2) is 48.8 Å². The third-order valence-corrected chi connectivity index (χ3v) is 6.25. The monoisotopic (exact) mass is 490 g/mol. The topological polar surface area (TPSA) is 87.0 Å². The lowest BCUT2D eigenvalue weighted by Gasteiger charge is -2.12. The Morgan fingerprint density at radius 2 is 1.69 bits per heavy atom. The van der Waals surface area contributed by atoms with Crippen molar-refractivity contribution in [1.82, 2.24) is 15.0 Å². The van der Waals surface area contributed by atoms with E-state index in [1.807, 2.05) is 42.5 Å². The fraction of sp³-hybridized carbons (Fsp3) is 0.192. The van der Waals surface area contributed by atoms with E-state index < -0.39 is 0 Å². The molecule has 0 unspecified atom stereocenters. The Morgan fingerprint density at radius 3 is 2.37 bits per heavy atom. The Morgan fingerprint density at radius 1 is 1.00 bits per heavy atom. The van der Waals surface area contributed by atoms with Crippen LogP contribution in [-0.2, 0) is 11.3 Å². The maximum atomic E-state index is 12.5. The van der Waals surface area contributed by atoms with Crippen molar-refractivity contribution in [2.24, 2.45) is 5.10 Å². The number of hydrazone groups is 1. The zero-order chi connectivity index (χ0) is 24.6. The molecule has 4 rings (SSSR count). The van der Waals surface area contributed by atoms with Gasteiger partial charge in [0, 0.05) is 12.1 Å². The van der Waals surface area contributed by atoms with E-state index in [1.54, 1.807) is 33.5 Å². The van der Waals surface area contributed by atoms with Crippen LogP contribution < -0.4 is 19.6 Å². The van der Waals surface area contributed by atoms with Crippen molar-refractivity contribution < 1.29 is 19.0 Å². The molecule has 3 aromatic carbocycles. The number of carbonyl (C=O) groups excluding carboxylic acids is 1. The number of nitrogens with zero attached hydrogens (tertiary/aromatic N) is 3. The van der Waals surface area contributed by atoms with Crippen molar-refractivity contribution in [3.8, 4) is 17.2 Å². The van der Waals surface area contributed by atoms with Crippen LogP contribution in [0.15, 0.2) is 77.0 Å². The molecule has 0 fully saturated rings. The molecule has 35 heavy (non-hydrogen) atoms. The molecule has 0 saturated heterocycles. The van der Waals surface area contributed by atoms with Gasteiger partial charge in [-0.3, -0.25) is 4.79 Å². The molecular formula is C26H26N4O4S. The summed E-state index contributed by atoms with van der Waals surface area (Å²) < 4.78 is 18.2. The zero-order valence-electron chi connectivity index (χ0n) is 19.7. The summed E-state index contributed by atoms with van der Waals surface area (Å²) in [7, 11) is 4.65. The average molecular weight is 491 g/mol. The zero-order valence-corrected chi connectivity index (χ0v) is 20.5. The van der Waals surface area contributed by atoms with Crippen LogP contribution in [0, 0.1) is 0 Å². The Hall–Kier alpha value is -3.98. The number of ether oxygens (including phenoxy) is 3. The SMILES string of the molecule is COc1cc(OC)c(C=NNC(=O)CSc2nc3ccccc3n2Cc2ccccc2)c(OC)c1. The van der Waals surface area contributed by atoms with E-state index in [1.165, 1.54) is 18.0 Å². The molecule has 0 bridgehead atoms. The molecule has 8 nitrogen and oxygen atoms in total. The minimum absolute atomic E-state index is 0.159. The molecule has 1 aromatic heterocycles. The second-order valence-electron chi connectivity index (χ2n) is 7.48. The summed E-state index contributed by atoms with van der Waals surface area (Å²) in [5.74, 6) is 1.53. The molecule has 0 spiro atoms. The number of carbonyl (C=O) groups is 1. The van der Waals surface area contributed by atoms with Crippen molar-refractivity contribution in [3.05, 3.63) is 77.9 Å². The fourth-order valence-corrected chi connectivity index (χ4v) is 4.38. The van der Waals surface area contributed by atoms with Crippen LogP contribution in [0.2, 0.25) is 0 Å². The molecule has 9 heteroatoms. The van der Waals surface area contributed by atoms with Gasteiger partial charge in [0.25, 0.3) is 5.91 Å². The number of fused-ring (bicyclic) bond motifs is 1. The van der Waals surface area contributed by atoms with Gasteiger partial charge in [-0.15, -0.1) is 0 Å². The smallest absolute Gasteiger partial charge is 0.250 e. The molecule has 0 radical (unpaired) electrons. The molecule has 1 N–H and O–H groups in total. The Balaban J connectivity index is 1.46. The molecule has 0 aliphatic heterocycles. The first-order chi connectivity index (χ1) is 17.1. The first-order valence-corrected chi connectivity index (χ1v) is 11.9. The Labute approximate surface area is 207 Å². The number of nitrogens with one attached hydrogen (secondary N) is 1. The van der Waals surface area contributed by atoms with E-state index >= 15 is 0 Å². The first kappa shape index (κ1) is 24.2. The quantitative estimate of drug-likeness (QED) is 0.202. The van der Waals surface area contributed by atoms with Crippen LogP contribution in [0.1, 0.15) is 11.1 Å². The summed E-state index contributed by atoms with van der Waals surface area (Å²) in [5, 5.41) is 4.86. The third kappa shape index (κ3) is 5.75. The molecule has 0 saturated carbocycles. The van der Waals surface area contributed by atoms with E-state index in [9.17, 15) is 4.79 Å². The molecule has 180 valence electrons. The number of methoxy groups -OCH3 is 3. The van der Waals surface area contributed by atoms with Gasteiger partial charge in [0.2, 0.25) is 0 Å². The van der Waals surface area contributed by atoms with Crippen LogP contribution in [0.3, 0.4) is 0 Å². The van der Waals surface area contributed by atoms with Crippen molar-refractivity contribution in [2.45, 2.75) is 11.7 Å². The Bertz CT molecular complexity index is 1310. The van der Waals surface area contributed by atoms with Crippen molar-refractivity contribution in [3.63, 3.8) is 0 Å². The highest BCUT2D eigenvalue weighted by atomic mass is 32.2. The molecule has 1 amide bonds. The number of hydrogen-bond acceptors (Lipinski definition) is 7. The molecule has 0 atom stereocenters. The van der Waals surface area contributed by atoms with E-state index in [0.29, 0.717) is 29.4 Å². The highest BCUT2D eigenvalue weighted by Gasteiger charge is 2.14. The minimum Gasteiger partial charge on any atom is -0.496 e. The number of aromatic nitrogens is 2. The lowest BCUT2D eigenvalue weighted by molar-refractivity contribution is -0.118. The van der Waals surface area contributed by atoms with E-state index in [2.05, 4.69) is 27.2 Å². The number of para-hydroxylation sites is 2. The number of hydrogen-bond donors (Lipinski definition) is 1. The maximum absolute atomic E-state index is 12.5. The van der Waals surface area contributed by atoms with Gasteiger partial charge in [0.05, 0.1) is 56.4 Å². The van der Waals surface area contributed by atoms with E-state index in [-0.39, 0.29) is 11.7 Å². The lowest BCUT2D eigenvalue weighted by atomic mass is 10.2. The van der Waals surface area contributed by atoms with Crippen molar-refractivity contribution >= 4 is 34.9 Å². The summed E-state index contributed by atoms with van der Waals surface area (Å²) in [4.78, 5) is 17.3. The summed E-state index contributed by atoms with van der Waals surface area (Å²) in [6, 6.07) is 21.6. The largest absolute Gasteiger partial charge is 0.496 e. The minimum atomic E-state index is -0.254. The Kier molecular flexibility index (Phi) is 7.89. The van der Waals surface area contributed by atoms with Crippen molar-refractivity contribution in [2.75, 3.05) is 27.1 Å². The van der Waals surface area contributed by atoms with Crippen molar-refractivity contribution in [1.29, 1.82) is 0 Å². The first-order valence-electron chi connectivity index (χ1n) is 10.9. The normalized spacial score (nSPS) is 11.1. The van der Waals surface area contributed by atoms with Gasteiger partial charge < -0.3 is 18.8 Å². The standard InChI is InChI=1S/C26H26N4O4S/c1-32-19-13-23(33-2)20(24(14-19)34-3)15-27-29-25(31)17-35-26-28-21-11-7-8-12-22(21)30(26)16-18-9-5-4-6-10-18/h4-15H,16-17H2,1-3H3,(H,29,31). The van der Waals surface area contributed by atoms with E-state index in [0.717, 1.165) is 21.8 Å². The number of amides is 1. The predicted octanol–water partition coefficient (Wildman–Crippen LogP) is 4.35. The third-order valence-electron chi connectivity index (χ3n) is 5.27. The van der Waals surface area contributed by atoms with Gasteiger partial charge in [-0.25, -0.2) is 10.4 Å². The number of benzene rings is 3. The average Bonchev–Trinajstić information content (AvgIpc) is 3.25. The van der Waals surface area contributed by atoms with Gasteiger partial charge in [0.1, 0.15) is 17.2 Å². The summed E-state index contributed by atoms with van der Waals surface area (Å²) in [6.07, 6.45) is 1.49. The maximum Gasteiger partial charge on any atom is 0.250 e. The number of thioether (sulfide) groups is 1. The van der Waals surface area contributed by atoms with Crippen LogP contribution in [0.4, 0.5) is 0 Å². The van der Waals surface area contributed by atoms with Crippen LogP contribution in [0.5, 0.6) is 17.2 Å². The molecule has 0 aliphatic carbocycles. The highest BCUT2D eigenvalue weighted by Crippen LogP contribution is 2.32. The summed E-state index contributed by atoms with van der Waals surface area (Å²) in [6.45, 7) is 0.667. The van der Waals surface area contributed by atoms with Crippen LogP contribution in [0.25, 0.3) is 11.0 Å². The predicted molar refractivity (Wildman–Crippen MR) is 138 cm³/mol. The molecule has 1 heterocycles. The van der Waals surface area contributed by atoms with Gasteiger partial charge >= 0.3 is 0 Å². The van der Waals surface area contributed by atoms with Gasteiger partial charge in [-0.05, 0) is 17.7 Å². The number of rotatable bonds is 10. The van der Waals surface area contributed by atoms with Gasteiger partial charge in [-0.2, -0.15) is 5.10 Å².